The largest absolute Gasteiger partial charge is 0.416 e. The quantitative estimate of drug-likeness (QED) is 0.436. The number of aryl methyl sites for hydroxylation is 1. The number of piperazine rings is 1. The molecule has 7 nitrogen and oxygen atoms in total. The molecule has 4 unspecified atom stereocenters. The molecule has 2 aliphatic heterocycles. The Labute approximate surface area is 244 Å². The highest BCUT2D eigenvalue weighted by Crippen LogP contribution is 2.39. The van der Waals surface area contributed by atoms with E-state index in [4.69, 9.17) is 0 Å². The van der Waals surface area contributed by atoms with Crippen molar-refractivity contribution in [2.24, 2.45) is 0 Å². The molecule has 0 radical (unpaired) electrons. The predicted octanol–water partition coefficient (Wildman–Crippen LogP) is 5.63. The van der Waals surface area contributed by atoms with Crippen LogP contribution >= 0.6 is 0 Å². The van der Waals surface area contributed by atoms with Crippen molar-refractivity contribution in [2.45, 2.75) is 70.3 Å². The zero-order chi connectivity index (χ0) is 31.9. The maximum absolute atomic E-state index is 14.0. The third kappa shape index (κ3) is 7.40. The number of hydrogen-bond donors (Lipinski definition) is 2. The molecule has 2 aliphatic rings. The fourth-order valence-electron chi connectivity index (χ4n) is 5.89. The van der Waals surface area contributed by atoms with Gasteiger partial charge >= 0.3 is 18.4 Å². The molecule has 0 spiro atoms. The molecule has 2 N–H and O–H groups in total. The first-order valence-corrected chi connectivity index (χ1v) is 13.8. The van der Waals surface area contributed by atoms with Gasteiger partial charge in [0.1, 0.15) is 12.0 Å². The van der Waals surface area contributed by atoms with Gasteiger partial charge in [0.25, 0.3) is 0 Å². The number of nitrogens with one attached hydrogen (secondary N) is 1. The molecule has 4 atom stereocenters. The van der Waals surface area contributed by atoms with Gasteiger partial charge in [-0.3, -0.25) is 9.69 Å². The van der Waals surface area contributed by atoms with Crippen LogP contribution in [0.3, 0.4) is 0 Å². The van der Waals surface area contributed by atoms with Crippen LogP contribution in [0.4, 0.5) is 35.5 Å². The van der Waals surface area contributed by atoms with E-state index >= 15 is 0 Å². The summed E-state index contributed by atoms with van der Waals surface area (Å²) < 4.78 is 94.4. The van der Waals surface area contributed by atoms with E-state index in [-0.39, 0.29) is 36.7 Å². The summed E-state index contributed by atoms with van der Waals surface area (Å²) in [6, 6.07) is 2.66. The predicted molar refractivity (Wildman–Crippen MR) is 142 cm³/mol. The maximum Gasteiger partial charge on any atom is 0.416 e. The summed E-state index contributed by atoms with van der Waals surface area (Å²) in [5.74, 6) is -0.734. The van der Waals surface area contributed by atoms with Gasteiger partial charge in [0.2, 0.25) is 5.91 Å². The van der Waals surface area contributed by atoms with Crippen molar-refractivity contribution >= 4 is 11.9 Å². The first-order chi connectivity index (χ1) is 20.0. The second kappa shape index (κ2) is 12.3. The van der Waals surface area contributed by atoms with E-state index in [2.05, 4.69) is 5.32 Å². The van der Waals surface area contributed by atoms with Gasteiger partial charge in [0.15, 0.2) is 0 Å². The monoisotopic (exact) mass is 618 g/mol. The highest BCUT2D eigenvalue weighted by Gasteiger charge is 2.40. The van der Waals surface area contributed by atoms with Crippen molar-refractivity contribution in [3.8, 4) is 0 Å². The number of halogens is 7. The van der Waals surface area contributed by atoms with E-state index in [1.165, 1.54) is 35.8 Å². The first-order valence-electron chi connectivity index (χ1n) is 13.8. The highest BCUT2D eigenvalue weighted by molar-refractivity contribution is 5.75. The lowest BCUT2D eigenvalue weighted by Crippen LogP contribution is -2.59. The first kappa shape index (κ1) is 32.5. The fourth-order valence-corrected chi connectivity index (χ4v) is 5.89. The van der Waals surface area contributed by atoms with Crippen LogP contribution in [0, 0.1) is 12.7 Å². The SMILES string of the molecule is CC(=O)N1CCN(C2CCN(C(=O)NC(C)c3cc(C(F)(F)F)cc(C(F)(F)F)c3)C(c3ccc(F)cc3C)C2)CC1O. The lowest BCUT2D eigenvalue weighted by molar-refractivity contribution is -0.147. The van der Waals surface area contributed by atoms with E-state index in [0.29, 0.717) is 49.2 Å². The Balaban J connectivity index is 1.59. The topological polar surface area (TPSA) is 76.1 Å². The van der Waals surface area contributed by atoms with Crippen molar-refractivity contribution in [1.29, 1.82) is 0 Å². The van der Waals surface area contributed by atoms with Crippen LogP contribution in [0.5, 0.6) is 0 Å². The Hall–Kier alpha value is -3.39. The number of aliphatic hydroxyl groups excluding tert-OH is 1. The van der Waals surface area contributed by atoms with Gasteiger partial charge in [-0.1, -0.05) is 6.07 Å². The molecule has 0 aromatic heterocycles. The Bertz CT molecular complexity index is 1320. The summed E-state index contributed by atoms with van der Waals surface area (Å²) in [6.45, 7) is 5.51. The molecule has 0 saturated carbocycles. The molecular weight excluding hydrogens is 585 g/mol. The van der Waals surface area contributed by atoms with Crippen molar-refractivity contribution in [2.75, 3.05) is 26.2 Å². The van der Waals surface area contributed by atoms with Crippen LogP contribution < -0.4 is 5.32 Å². The number of β-amino-alcohol motifs (C(OH)–C–C–N with tert-alkyl or cyclic N) is 1. The van der Waals surface area contributed by atoms with Gasteiger partial charge in [-0.15, -0.1) is 0 Å². The Kier molecular flexibility index (Phi) is 9.31. The van der Waals surface area contributed by atoms with E-state index in [0.717, 1.165) is 0 Å². The number of carbonyl (C=O) groups is 2. The summed E-state index contributed by atoms with van der Waals surface area (Å²) in [7, 11) is 0. The average Bonchev–Trinajstić information content (AvgIpc) is 2.91. The van der Waals surface area contributed by atoms with E-state index in [9.17, 15) is 45.4 Å². The minimum absolute atomic E-state index is 0.0311. The Morgan fingerprint density at radius 2 is 1.58 bits per heavy atom. The van der Waals surface area contributed by atoms with Crippen molar-refractivity contribution in [3.05, 3.63) is 70.0 Å². The molecule has 14 heteroatoms. The number of benzene rings is 2. The fraction of sp³-hybridized carbons (Fsp3) is 0.517. The second-order valence-corrected chi connectivity index (χ2v) is 11.1. The van der Waals surface area contributed by atoms with E-state index in [1.807, 2.05) is 4.90 Å². The molecule has 2 aromatic rings. The van der Waals surface area contributed by atoms with Crippen molar-refractivity contribution in [1.82, 2.24) is 20.0 Å². The van der Waals surface area contributed by atoms with Gasteiger partial charge < -0.3 is 20.2 Å². The molecule has 4 rings (SSSR count). The lowest BCUT2D eigenvalue weighted by Gasteiger charge is -2.47. The normalized spacial score (nSPS) is 22.8. The van der Waals surface area contributed by atoms with Gasteiger partial charge in [-0.05, 0) is 73.7 Å². The number of aliphatic hydroxyl groups is 1. The van der Waals surface area contributed by atoms with Gasteiger partial charge in [-0.2, -0.15) is 26.3 Å². The van der Waals surface area contributed by atoms with Crippen LogP contribution in [0.1, 0.15) is 66.6 Å². The molecule has 2 fully saturated rings. The molecular formula is C29H33F7N4O3. The second-order valence-electron chi connectivity index (χ2n) is 11.1. The Morgan fingerprint density at radius 3 is 2.12 bits per heavy atom. The van der Waals surface area contributed by atoms with Gasteiger partial charge in [-0.25, -0.2) is 9.18 Å². The van der Waals surface area contributed by atoms with Gasteiger partial charge in [0, 0.05) is 39.1 Å². The zero-order valence-electron chi connectivity index (χ0n) is 23.8. The van der Waals surface area contributed by atoms with Gasteiger partial charge in [0.05, 0.1) is 23.2 Å². The summed E-state index contributed by atoms with van der Waals surface area (Å²) >= 11 is 0. The molecule has 43 heavy (non-hydrogen) atoms. The number of nitrogens with zero attached hydrogens (tertiary/aromatic N) is 3. The number of carbonyl (C=O) groups excluding carboxylic acids is 2. The highest BCUT2D eigenvalue weighted by atomic mass is 19.4. The zero-order valence-corrected chi connectivity index (χ0v) is 23.8. The molecule has 0 bridgehead atoms. The molecule has 2 saturated heterocycles. The van der Waals surface area contributed by atoms with Crippen molar-refractivity contribution in [3.63, 3.8) is 0 Å². The number of hydrogen-bond acceptors (Lipinski definition) is 4. The lowest BCUT2D eigenvalue weighted by atomic mass is 9.88. The summed E-state index contributed by atoms with van der Waals surface area (Å²) in [5.41, 5.74) is -2.13. The molecule has 236 valence electrons. The average molecular weight is 619 g/mol. The van der Waals surface area contributed by atoms with Crippen LogP contribution in [-0.2, 0) is 17.1 Å². The van der Waals surface area contributed by atoms with Crippen LogP contribution in [0.15, 0.2) is 36.4 Å². The van der Waals surface area contributed by atoms with Crippen molar-refractivity contribution < 1.29 is 45.4 Å². The summed E-state index contributed by atoms with van der Waals surface area (Å²) in [6.07, 6.45) is -10.3. The van der Waals surface area contributed by atoms with Crippen LogP contribution in [0.2, 0.25) is 0 Å². The van der Waals surface area contributed by atoms with E-state index < -0.39 is 53.6 Å². The number of rotatable bonds is 4. The number of alkyl halides is 6. The smallest absolute Gasteiger partial charge is 0.372 e. The third-order valence-corrected chi connectivity index (χ3v) is 8.18. The molecule has 2 aromatic carbocycles. The number of piperidine rings is 1. The Morgan fingerprint density at radius 1 is 0.953 bits per heavy atom. The van der Waals surface area contributed by atoms with Crippen LogP contribution in [0.25, 0.3) is 0 Å². The number of urea groups is 1. The standard InChI is InChI=1S/C29H33F7N4O3/c1-16-10-22(30)4-5-24(16)25-14-23(38-8-9-39(18(3)41)26(42)15-38)6-7-40(25)27(43)37-17(2)19-11-20(28(31,32)33)13-21(12-19)29(34,35)36/h4-5,10-13,17,23,25-26,42H,6-9,14-15H2,1-3H3,(H,37,43). The summed E-state index contributed by atoms with van der Waals surface area (Å²) in [4.78, 5) is 30.2. The maximum atomic E-state index is 14.0. The number of likely N-dealkylation sites (tertiary alicyclic amines) is 1. The summed E-state index contributed by atoms with van der Waals surface area (Å²) in [5, 5.41) is 13.0. The van der Waals surface area contributed by atoms with E-state index in [1.54, 1.807) is 13.0 Å². The minimum Gasteiger partial charge on any atom is -0.372 e. The minimum atomic E-state index is -5.03. The molecule has 2 heterocycles. The van der Waals surface area contributed by atoms with Crippen LogP contribution in [-0.4, -0.2) is 70.2 Å². The molecule has 3 amide bonds. The molecule has 0 aliphatic carbocycles. The number of amides is 3. The third-order valence-electron chi connectivity index (χ3n) is 8.18.